The number of hydrogen-bond acceptors (Lipinski definition) is 4. The molecule has 1 aromatic rings. The number of rotatable bonds is 5. The molecule has 0 aliphatic rings. The van der Waals surface area contributed by atoms with E-state index in [4.69, 9.17) is 0 Å². The zero-order chi connectivity index (χ0) is 10.6. The minimum absolute atomic E-state index is 0.527. The third kappa shape index (κ3) is 3.06. The van der Waals surface area contributed by atoms with E-state index in [-0.39, 0.29) is 0 Å². The van der Waals surface area contributed by atoms with E-state index in [9.17, 15) is 0 Å². The average Bonchev–Trinajstić information content (AvgIpc) is 2.52. The molecular weight excluding hydrogens is 178 g/mol. The number of nitrogens with one attached hydrogen (secondary N) is 1. The van der Waals surface area contributed by atoms with Gasteiger partial charge in [-0.3, -0.25) is 0 Å². The molecule has 1 unspecified atom stereocenters. The topological polar surface area (TPSA) is 55.6 Å². The Hall–Kier alpha value is -0.970. The van der Waals surface area contributed by atoms with Gasteiger partial charge < -0.3 is 5.32 Å². The molecule has 1 heterocycles. The first-order valence-corrected chi connectivity index (χ1v) is 5.03. The summed E-state index contributed by atoms with van der Waals surface area (Å²) in [6, 6.07) is 0.527. The molecule has 0 amide bonds. The first kappa shape index (κ1) is 11.1. The van der Waals surface area contributed by atoms with Crippen LogP contribution in [-0.2, 0) is 13.5 Å². The van der Waals surface area contributed by atoms with E-state index in [1.54, 1.807) is 7.05 Å². The van der Waals surface area contributed by atoms with Crippen molar-refractivity contribution in [1.82, 2.24) is 25.5 Å². The number of tetrazole rings is 1. The summed E-state index contributed by atoms with van der Waals surface area (Å²) in [5.74, 6) is 1.46. The van der Waals surface area contributed by atoms with Crippen LogP contribution in [0.4, 0.5) is 0 Å². The smallest absolute Gasteiger partial charge is 0.174 e. The van der Waals surface area contributed by atoms with Crippen molar-refractivity contribution in [1.29, 1.82) is 0 Å². The van der Waals surface area contributed by atoms with Gasteiger partial charge in [-0.15, -0.1) is 10.2 Å². The Morgan fingerprint density at radius 1 is 1.43 bits per heavy atom. The highest BCUT2D eigenvalue weighted by molar-refractivity contribution is 4.80. The van der Waals surface area contributed by atoms with Gasteiger partial charge in [-0.2, -0.15) is 4.80 Å². The van der Waals surface area contributed by atoms with Crippen LogP contribution in [0.25, 0.3) is 0 Å². The Morgan fingerprint density at radius 3 is 2.57 bits per heavy atom. The quantitative estimate of drug-likeness (QED) is 0.741. The molecule has 0 saturated heterocycles. The Labute approximate surface area is 84.9 Å². The van der Waals surface area contributed by atoms with Gasteiger partial charge in [0.1, 0.15) is 0 Å². The minimum atomic E-state index is 0.527. The summed E-state index contributed by atoms with van der Waals surface area (Å²) in [6.45, 7) is 4.43. The maximum absolute atomic E-state index is 4.14. The van der Waals surface area contributed by atoms with E-state index in [2.05, 4.69) is 34.6 Å². The van der Waals surface area contributed by atoms with E-state index in [1.807, 2.05) is 7.05 Å². The highest BCUT2D eigenvalue weighted by Gasteiger charge is 2.11. The predicted molar refractivity (Wildman–Crippen MR) is 54.8 cm³/mol. The Morgan fingerprint density at radius 2 is 2.14 bits per heavy atom. The van der Waals surface area contributed by atoms with Crippen molar-refractivity contribution in [3.8, 4) is 0 Å². The summed E-state index contributed by atoms with van der Waals surface area (Å²) >= 11 is 0. The van der Waals surface area contributed by atoms with Crippen LogP contribution < -0.4 is 5.32 Å². The van der Waals surface area contributed by atoms with Crippen molar-refractivity contribution in [2.24, 2.45) is 13.0 Å². The maximum Gasteiger partial charge on any atom is 0.174 e. The number of nitrogens with zero attached hydrogens (tertiary/aromatic N) is 4. The first-order chi connectivity index (χ1) is 6.63. The van der Waals surface area contributed by atoms with Gasteiger partial charge in [-0.1, -0.05) is 13.8 Å². The van der Waals surface area contributed by atoms with Gasteiger partial charge in [0, 0.05) is 12.5 Å². The molecule has 1 N–H and O–H groups in total. The second-order valence-corrected chi connectivity index (χ2v) is 3.87. The van der Waals surface area contributed by atoms with Gasteiger partial charge in [-0.05, 0) is 24.6 Å². The SMILES string of the molecule is CNC(CCc1nnn(C)n1)C(C)C. The van der Waals surface area contributed by atoms with Crippen molar-refractivity contribution < 1.29 is 0 Å². The fourth-order valence-electron chi connectivity index (χ4n) is 1.52. The van der Waals surface area contributed by atoms with Crippen LogP contribution in [0.15, 0.2) is 0 Å². The molecular formula is C9H19N5. The zero-order valence-electron chi connectivity index (χ0n) is 9.36. The fourth-order valence-corrected chi connectivity index (χ4v) is 1.52. The molecule has 0 aliphatic heterocycles. The third-order valence-corrected chi connectivity index (χ3v) is 2.40. The van der Waals surface area contributed by atoms with E-state index in [1.165, 1.54) is 4.80 Å². The zero-order valence-corrected chi connectivity index (χ0v) is 9.36. The van der Waals surface area contributed by atoms with Crippen LogP contribution in [0, 0.1) is 5.92 Å². The molecule has 5 nitrogen and oxygen atoms in total. The summed E-state index contributed by atoms with van der Waals surface area (Å²) in [6.07, 6.45) is 1.94. The molecule has 0 radical (unpaired) electrons. The molecule has 1 atom stereocenters. The van der Waals surface area contributed by atoms with Crippen LogP contribution in [0.3, 0.4) is 0 Å². The molecule has 0 aliphatic carbocycles. The van der Waals surface area contributed by atoms with Gasteiger partial charge in [0.15, 0.2) is 5.82 Å². The molecule has 14 heavy (non-hydrogen) atoms. The minimum Gasteiger partial charge on any atom is -0.317 e. The highest BCUT2D eigenvalue weighted by atomic mass is 15.6. The Kier molecular flexibility index (Phi) is 4.00. The highest BCUT2D eigenvalue weighted by Crippen LogP contribution is 2.07. The van der Waals surface area contributed by atoms with Crippen molar-refractivity contribution in [3.63, 3.8) is 0 Å². The van der Waals surface area contributed by atoms with Crippen LogP contribution in [0.5, 0.6) is 0 Å². The van der Waals surface area contributed by atoms with E-state index in [0.717, 1.165) is 18.7 Å². The normalized spacial score (nSPS) is 13.5. The summed E-state index contributed by atoms with van der Waals surface area (Å²) in [5, 5.41) is 15.2. The van der Waals surface area contributed by atoms with Crippen LogP contribution >= 0.6 is 0 Å². The van der Waals surface area contributed by atoms with E-state index < -0.39 is 0 Å². The van der Waals surface area contributed by atoms with E-state index >= 15 is 0 Å². The number of hydrogen-bond donors (Lipinski definition) is 1. The van der Waals surface area contributed by atoms with Gasteiger partial charge in [0.25, 0.3) is 0 Å². The Balaban J connectivity index is 2.39. The van der Waals surface area contributed by atoms with Gasteiger partial charge in [-0.25, -0.2) is 0 Å². The van der Waals surface area contributed by atoms with Crippen molar-refractivity contribution in [2.45, 2.75) is 32.7 Å². The standard InChI is InChI=1S/C9H19N5/c1-7(2)8(10-3)5-6-9-11-13-14(4)12-9/h7-8,10H,5-6H2,1-4H3. The summed E-state index contributed by atoms with van der Waals surface area (Å²) in [5.41, 5.74) is 0. The summed E-state index contributed by atoms with van der Waals surface area (Å²) < 4.78 is 0. The van der Waals surface area contributed by atoms with Gasteiger partial charge in [0.05, 0.1) is 7.05 Å². The largest absolute Gasteiger partial charge is 0.317 e. The van der Waals surface area contributed by atoms with Gasteiger partial charge in [0.2, 0.25) is 0 Å². The Bertz CT molecular complexity index is 268. The molecule has 5 heteroatoms. The molecule has 0 aromatic carbocycles. The third-order valence-electron chi connectivity index (χ3n) is 2.40. The van der Waals surface area contributed by atoms with Gasteiger partial charge >= 0.3 is 0 Å². The molecule has 0 fully saturated rings. The van der Waals surface area contributed by atoms with Crippen LogP contribution in [0.1, 0.15) is 26.1 Å². The molecule has 0 bridgehead atoms. The van der Waals surface area contributed by atoms with Crippen molar-refractivity contribution >= 4 is 0 Å². The summed E-state index contributed by atoms with van der Waals surface area (Å²) in [4.78, 5) is 1.50. The maximum atomic E-state index is 4.14. The van der Waals surface area contributed by atoms with Crippen molar-refractivity contribution in [2.75, 3.05) is 7.05 Å². The lowest BCUT2D eigenvalue weighted by Crippen LogP contribution is -2.31. The number of aromatic nitrogens is 4. The average molecular weight is 197 g/mol. The molecule has 1 rings (SSSR count). The lowest BCUT2D eigenvalue weighted by Gasteiger charge is -2.18. The second kappa shape index (κ2) is 5.05. The predicted octanol–water partition coefficient (Wildman–Crippen LogP) is 0.387. The lowest BCUT2D eigenvalue weighted by molar-refractivity contribution is 0.400. The van der Waals surface area contributed by atoms with Crippen molar-refractivity contribution in [3.05, 3.63) is 5.82 Å². The first-order valence-electron chi connectivity index (χ1n) is 5.03. The fraction of sp³-hybridized carbons (Fsp3) is 0.889. The lowest BCUT2D eigenvalue weighted by atomic mass is 9.99. The van der Waals surface area contributed by atoms with Crippen LogP contribution in [0.2, 0.25) is 0 Å². The molecule has 0 saturated carbocycles. The number of aryl methyl sites for hydroxylation is 2. The summed E-state index contributed by atoms with van der Waals surface area (Å²) in [7, 11) is 3.78. The molecule has 80 valence electrons. The monoisotopic (exact) mass is 197 g/mol. The molecule has 1 aromatic heterocycles. The van der Waals surface area contributed by atoms with Crippen LogP contribution in [-0.4, -0.2) is 33.3 Å². The second-order valence-electron chi connectivity index (χ2n) is 3.87. The molecule has 0 spiro atoms. The van der Waals surface area contributed by atoms with E-state index in [0.29, 0.717) is 12.0 Å².